The first-order valence-electron chi connectivity index (χ1n) is 11.7. The summed E-state index contributed by atoms with van der Waals surface area (Å²) in [5.74, 6) is -4.84. The lowest BCUT2D eigenvalue weighted by atomic mass is 10.0. The van der Waals surface area contributed by atoms with E-state index in [1.54, 1.807) is 20.8 Å². The summed E-state index contributed by atoms with van der Waals surface area (Å²) in [5, 5.41) is 28.3. The van der Waals surface area contributed by atoms with Crippen molar-refractivity contribution < 1.29 is 34.2 Å². The average Bonchev–Trinajstić information content (AvgIpc) is 2.68. The minimum Gasteiger partial charge on any atom is -0.481 e. The normalized spacial score (nSPS) is 16.5. The molecule has 0 aliphatic carbocycles. The molecule has 0 aliphatic rings. The van der Waals surface area contributed by atoms with E-state index in [0.29, 0.717) is 6.54 Å². The van der Waals surface area contributed by atoms with E-state index in [9.17, 15) is 29.7 Å². The predicted octanol–water partition coefficient (Wildman–Crippen LogP) is 4.66. The maximum Gasteiger partial charge on any atom is 0.311 e. The monoisotopic (exact) mass is 442 g/mol. The number of aliphatic carboxylic acids is 3. The molecule has 0 saturated carbocycles. The van der Waals surface area contributed by atoms with Gasteiger partial charge in [0.2, 0.25) is 0 Å². The molecule has 180 valence electrons. The quantitative estimate of drug-likeness (QED) is 0.152. The molecular weight excluding hydrogens is 398 g/mol. The van der Waals surface area contributed by atoms with Gasteiger partial charge in [0, 0.05) is 0 Å². The number of quaternary nitrogens is 1. The van der Waals surface area contributed by atoms with Crippen LogP contribution in [-0.4, -0.2) is 63.9 Å². The van der Waals surface area contributed by atoms with Gasteiger partial charge in [0.15, 0.2) is 0 Å². The van der Waals surface area contributed by atoms with E-state index in [1.165, 1.54) is 12.8 Å². The van der Waals surface area contributed by atoms with Gasteiger partial charge in [-0.05, 0) is 52.9 Å². The summed E-state index contributed by atoms with van der Waals surface area (Å²) in [6.45, 7) is 8.32. The molecule has 0 aliphatic heterocycles. The first kappa shape index (κ1) is 29.1. The van der Waals surface area contributed by atoms with Crippen molar-refractivity contribution in [2.45, 2.75) is 79.1 Å². The van der Waals surface area contributed by atoms with Crippen molar-refractivity contribution in [3.8, 4) is 0 Å². The molecular formula is C24H44NO6+. The highest BCUT2D eigenvalue weighted by molar-refractivity contribution is 5.70. The van der Waals surface area contributed by atoms with Gasteiger partial charge in [-0.1, -0.05) is 38.3 Å². The number of allylic oxidation sites excluding steroid dienone is 2. The summed E-state index contributed by atoms with van der Waals surface area (Å²) in [4.78, 5) is 34.5. The third kappa shape index (κ3) is 13.2. The number of unbranched alkanes of at least 4 members (excludes halogenated alkanes) is 6. The van der Waals surface area contributed by atoms with E-state index in [1.807, 2.05) is 0 Å². The van der Waals surface area contributed by atoms with Gasteiger partial charge >= 0.3 is 17.9 Å². The SMILES string of the molecule is CCCC/C=C/CCCCCC[N+](CC(C)C(=O)O)(CC(C)C(=O)O)CC(C)C(=O)O. The summed E-state index contributed by atoms with van der Waals surface area (Å²) in [6, 6.07) is 0. The second kappa shape index (κ2) is 15.8. The lowest BCUT2D eigenvalue weighted by molar-refractivity contribution is -0.934. The Morgan fingerprint density at radius 3 is 1.45 bits per heavy atom. The van der Waals surface area contributed by atoms with Gasteiger partial charge in [-0.2, -0.15) is 0 Å². The van der Waals surface area contributed by atoms with Crippen molar-refractivity contribution in [3.63, 3.8) is 0 Å². The Labute approximate surface area is 187 Å². The highest BCUT2D eigenvalue weighted by atomic mass is 16.4. The molecule has 7 heteroatoms. The molecule has 0 fully saturated rings. The molecule has 0 bridgehead atoms. The Morgan fingerprint density at radius 2 is 1.06 bits per heavy atom. The van der Waals surface area contributed by atoms with Crippen molar-refractivity contribution in [2.75, 3.05) is 26.2 Å². The zero-order valence-corrected chi connectivity index (χ0v) is 19.9. The molecule has 0 aromatic carbocycles. The molecule has 0 aromatic rings. The summed E-state index contributed by atoms with van der Waals surface area (Å²) in [6.07, 6.45) is 13.0. The molecule has 0 heterocycles. The number of rotatable bonds is 19. The van der Waals surface area contributed by atoms with Crippen LogP contribution in [0.15, 0.2) is 12.2 Å². The van der Waals surface area contributed by atoms with E-state index >= 15 is 0 Å². The minimum absolute atomic E-state index is 0.214. The van der Waals surface area contributed by atoms with Crippen LogP contribution in [-0.2, 0) is 14.4 Å². The summed E-state index contributed by atoms with van der Waals surface area (Å²) in [5.41, 5.74) is 0. The van der Waals surface area contributed by atoms with Crippen LogP contribution in [0.4, 0.5) is 0 Å². The molecule has 3 unspecified atom stereocenters. The van der Waals surface area contributed by atoms with Crippen LogP contribution >= 0.6 is 0 Å². The van der Waals surface area contributed by atoms with Crippen molar-refractivity contribution in [2.24, 2.45) is 17.8 Å². The van der Waals surface area contributed by atoms with Gasteiger partial charge in [-0.3, -0.25) is 14.4 Å². The first-order valence-corrected chi connectivity index (χ1v) is 11.7. The van der Waals surface area contributed by atoms with Gasteiger partial charge in [-0.25, -0.2) is 0 Å². The van der Waals surface area contributed by atoms with Crippen LogP contribution < -0.4 is 0 Å². The van der Waals surface area contributed by atoms with Crippen LogP contribution in [0.3, 0.4) is 0 Å². The summed E-state index contributed by atoms with van der Waals surface area (Å²) < 4.78 is 0.214. The van der Waals surface area contributed by atoms with Crippen molar-refractivity contribution in [1.82, 2.24) is 0 Å². The lowest BCUT2D eigenvalue weighted by Crippen LogP contribution is -2.57. The molecule has 0 aromatic heterocycles. The third-order valence-electron chi connectivity index (χ3n) is 5.89. The molecule has 0 rings (SSSR count). The number of carboxylic acids is 3. The minimum atomic E-state index is -0.941. The average molecular weight is 443 g/mol. The fourth-order valence-corrected chi connectivity index (χ4v) is 4.10. The largest absolute Gasteiger partial charge is 0.481 e. The van der Waals surface area contributed by atoms with E-state index < -0.39 is 35.7 Å². The van der Waals surface area contributed by atoms with Crippen molar-refractivity contribution in [3.05, 3.63) is 12.2 Å². The maximum atomic E-state index is 11.5. The number of hydrogen-bond acceptors (Lipinski definition) is 3. The smallest absolute Gasteiger partial charge is 0.311 e. The Hall–Kier alpha value is -1.89. The standard InChI is InChI=1S/C24H43NO6/c1-5-6-7-8-9-10-11-12-13-14-15-25(16-19(2)22(26)27,17-20(3)23(28)29)18-21(4)24(30)31/h8-9,19-21H,5-7,10-18H2,1-4H3,(H2-,26,27,28,29,30,31)/p+1/b9-8+. The van der Waals surface area contributed by atoms with Gasteiger partial charge in [0.1, 0.15) is 17.8 Å². The molecule has 7 nitrogen and oxygen atoms in total. The highest BCUT2D eigenvalue weighted by Gasteiger charge is 2.38. The Kier molecular flexibility index (Phi) is 14.9. The summed E-state index contributed by atoms with van der Waals surface area (Å²) >= 11 is 0. The second-order valence-corrected chi connectivity index (χ2v) is 9.15. The Morgan fingerprint density at radius 1 is 0.677 bits per heavy atom. The highest BCUT2D eigenvalue weighted by Crippen LogP contribution is 2.22. The zero-order chi connectivity index (χ0) is 23.9. The van der Waals surface area contributed by atoms with Crippen LogP contribution in [0.5, 0.6) is 0 Å². The third-order valence-corrected chi connectivity index (χ3v) is 5.89. The van der Waals surface area contributed by atoms with Crippen molar-refractivity contribution in [1.29, 1.82) is 0 Å². The molecule has 0 radical (unpaired) electrons. The molecule has 31 heavy (non-hydrogen) atoms. The zero-order valence-electron chi connectivity index (χ0n) is 19.9. The van der Waals surface area contributed by atoms with E-state index in [2.05, 4.69) is 19.1 Å². The fourth-order valence-electron chi connectivity index (χ4n) is 4.10. The van der Waals surface area contributed by atoms with Gasteiger partial charge in [0.05, 0.1) is 26.2 Å². The number of hydrogen-bond donors (Lipinski definition) is 3. The molecule has 3 N–H and O–H groups in total. The van der Waals surface area contributed by atoms with Crippen molar-refractivity contribution >= 4 is 17.9 Å². The fraction of sp³-hybridized carbons (Fsp3) is 0.792. The molecule has 0 amide bonds. The summed E-state index contributed by atoms with van der Waals surface area (Å²) in [7, 11) is 0. The molecule has 0 spiro atoms. The van der Waals surface area contributed by atoms with Gasteiger partial charge < -0.3 is 19.8 Å². The number of carbonyl (C=O) groups is 3. The van der Waals surface area contributed by atoms with Crippen LogP contribution in [0, 0.1) is 17.8 Å². The Bertz CT molecular complexity index is 519. The topological polar surface area (TPSA) is 112 Å². The maximum absolute atomic E-state index is 11.5. The number of carboxylic acid groups (broad SMARTS) is 3. The number of nitrogens with zero attached hydrogens (tertiary/aromatic N) is 1. The van der Waals surface area contributed by atoms with E-state index in [-0.39, 0.29) is 24.1 Å². The second-order valence-electron chi connectivity index (χ2n) is 9.15. The first-order chi connectivity index (χ1) is 14.5. The van der Waals surface area contributed by atoms with Gasteiger partial charge in [-0.15, -0.1) is 0 Å². The van der Waals surface area contributed by atoms with Crippen LogP contribution in [0.25, 0.3) is 0 Å². The van der Waals surface area contributed by atoms with E-state index in [0.717, 1.165) is 38.5 Å². The predicted molar refractivity (Wildman–Crippen MR) is 122 cm³/mol. The molecule has 0 saturated heterocycles. The van der Waals surface area contributed by atoms with Crippen LogP contribution in [0.2, 0.25) is 0 Å². The molecule has 3 atom stereocenters. The van der Waals surface area contributed by atoms with E-state index in [4.69, 9.17) is 0 Å². The lowest BCUT2D eigenvalue weighted by Gasteiger charge is -2.42. The van der Waals surface area contributed by atoms with Gasteiger partial charge in [0.25, 0.3) is 0 Å². The Balaban J connectivity index is 5.07. The van der Waals surface area contributed by atoms with Crippen LogP contribution in [0.1, 0.15) is 79.1 Å².